The maximum atomic E-state index is 11.5. The van der Waals surface area contributed by atoms with Crippen LogP contribution < -0.4 is 10.1 Å². The summed E-state index contributed by atoms with van der Waals surface area (Å²) >= 11 is 0. The minimum Gasteiger partial charge on any atom is -0.487 e. The van der Waals surface area contributed by atoms with Crippen molar-refractivity contribution >= 4 is 5.97 Å². The molecule has 1 fully saturated rings. The lowest BCUT2D eigenvalue weighted by Gasteiger charge is -2.43. The molecule has 1 spiro atoms. The summed E-state index contributed by atoms with van der Waals surface area (Å²) in [5.41, 5.74) is 0.525. The molecule has 1 aromatic rings. The number of ether oxygens (including phenoxy) is 1. The molecule has 0 aromatic heterocycles. The molecule has 0 unspecified atom stereocenters. The number of rotatable bonds is 1. The summed E-state index contributed by atoms with van der Waals surface area (Å²) in [6.07, 6.45) is 2.34. The van der Waals surface area contributed by atoms with E-state index in [1.807, 2.05) is 24.3 Å². The molecule has 3 rings (SSSR count). The van der Waals surface area contributed by atoms with E-state index in [2.05, 4.69) is 5.32 Å². The fourth-order valence-corrected chi connectivity index (χ4v) is 3.03. The quantitative estimate of drug-likeness (QED) is 0.794. The van der Waals surface area contributed by atoms with E-state index in [9.17, 15) is 9.90 Å². The molecule has 4 heteroatoms. The number of carboxylic acids is 1. The van der Waals surface area contributed by atoms with Gasteiger partial charge in [0.2, 0.25) is 0 Å². The Morgan fingerprint density at radius 2 is 2.06 bits per heavy atom. The third kappa shape index (κ3) is 1.86. The molecular weight excluding hydrogens is 230 g/mol. The zero-order valence-electron chi connectivity index (χ0n) is 10.2. The van der Waals surface area contributed by atoms with Crippen molar-refractivity contribution in [3.05, 3.63) is 29.8 Å². The zero-order chi connectivity index (χ0) is 12.6. The summed E-state index contributed by atoms with van der Waals surface area (Å²) in [5, 5.41) is 12.7. The molecule has 1 atom stereocenters. The summed E-state index contributed by atoms with van der Waals surface area (Å²) in [6, 6.07) is 7.52. The van der Waals surface area contributed by atoms with Gasteiger partial charge in [-0.1, -0.05) is 18.2 Å². The van der Waals surface area contributed by atoms with E-state index in [0.29, 0.717) is 6.42 Å². The molecule has 2 N–H and O–H groups in total. The van der Waals surface area contributed by atoms with Gasteiger partial charge >= 0.3 is 5.97 Å². The summed E-state index contributed by atoms with van der Waals surface area (Å²) in [6.45, 7) is 1.79. The van der Waals surface area contributed by atoms with Crippen molar-refractivity contribution in [2.24, 2.45) is 0 Å². The Balaban J connectivity index is 1.99. The molecule has 0 radical (unpaired) electrons. The van der Waals surface area contributed by atoms with Gasteiger partial charge in [-0.05, 0) is 32.0 Å². The minimum absolute atomic E-state index is 0.289. The molecule has 2 aliphatic heterocycles. The second kappa shape index (κ2) is 4.28. The number of nitrogens with one attached hydrogen (secondary N) is 1. The summed E-state index contributed by atoms with van der Waals surface area (Å²) in [5.74, 6) is -0.435. The van der Waals surface area contributed by atoms with Crippen LogP contribution in [0.5, 0.6) is 5.75 Å². The van der Waals surface area contributed by atoms with Crippen molar-refractivity contribution < 1.29 is 14.6 Å². The topological polar surface area (TPSA) is 58.6 Å². The third-order valence-corrected chi connectivity index (χ3v) is 4.01. The van der Waals surface area contributed by atoms with Gasteiger partial charge in [0.25, 0.3) is 0 Å². The predicted octanol–water partition coefficient (Wildman–Crippen LogP) is 1.76. The summed E-state index contributed by atoms with van der Waals surface area (Å²) in [4.78, 5) is 11.5. The van der Waals surface area contributed by atoms with E-state index in [1.165, 1.54) is 0 Å². The molecular formula is C14H17NO3. The van der Waals surface area contributed by atoms with Crippen molar-refractivity contribution in [1.29, 1.82) is 0 Å². The van der Waals surface area contributed by atoms with Crippen LogP contribution in [0.4, 0.5) is 0 Å². The largest absolute Gasteiger partial charge is 0.487 e. The summed E-state index contributed by atoms with van der Waals surface area (Å²) < 4.78 is 6.14. The molecule has 2 aliphatic rings. The first-order valence-electron chi connectivity index (χ1n) is 6.42. The second-order valence-corrected chi connectivity index (χ2v) is 5.17. The lowest BCUT2D eigenvalue weighted by Crippen LogP contribution is -2.49. The Kier molecular flexibility index (Phi) is 2.74. The SMILES string of the molecule is O=C(O)[C@H]1CC2(CCNCC2)Oc2ccccc21. The van der Waals surface area contributed by atoms with Crippen molar-refractivity contribution in [1.82, 2.24) is 5.32 Å². The maximum absolute atomic E-state index is 11.5. The van der Waals surface area contributed by atoms with E-state index < -0.39 is 11.9 Å². The monoisotopic (exact) mass is 247 g/mol. The second-order valence-electron chi connectivity index (χ2n) is 5.17. The van der Waals surface area contributed by atoms with Crippen LogP contribution in [0, 0.1) is 0 Å². The first-order valence-corrected chi connectivity index (χ1v) is 6.42. The average Bonchev–Trinajstić information content (AvgIpc) is 2.38. The van der Waals surface area contributed by atoms with Gasteiger partial charge < -0.3 is 15.2 Å². The molecule has 18 heavy (non-hydrogen) atoms. The van der Waals surface area contributed by atoms with Crippen LogP contribution in [0.2, 0.25) is 0 Å². The number of aliphatic carboxylic acids is 1. The molecule has 1 saturated heterocycles. The van der Waals surface area contributed by atoms with Gasteiger partial charge in [0.1, 0.15) is 11.4 Å². The first-order chi connectivity index (χ1) is 8.70. The molecule has 96 valence electrons. The minimum atomic E-state index is -0.747. The van der Waals surface area contributed by atoms with Crippen LogP contribution in [0.25, 0.3) is 0 Å². The molecule has 1 aromatic carbocycles. The fourth-order valence-electron chi connectivity index (χ4n) is 3.03. The van der Waals surface area contributed by atoms with Gasteiger partial charge in [0, 0.05) is 12.0 Å². The highest BCUT2D eigenvalue weighted by Gasteiger charge is 2.44. The van der Waals surface area contributed by atoms with Gasteiger partial charge in [-0.25, -0.2) is 0 Å². The number of piperidine rings is 1. The molecule has 0 aliphatic carbocycles. The van der Waals surface area contributed by atoms with Gasteiger partial charge in [-0.15, -0.1) is 0 Å². The number of hydrogen-bond acceptors (Lipinski definition) is 3. The Labute approximate surface area is 106 Å². The molecule has 0 bridgehead atoms. The van der Waals surface area contributed by atoms with Gasteiger partial charge in [-0.2, -0.15) is 0 Å². The number of fused-ring (bicyclic) bond motifs is 1. The maximum Gasteiger partial charge on any atom is 0.311 e. The summed E-state index contributed by atoms with van der Waals surface area (Å²) in [7, 11) is 0. The Bertz CT molecular complexity index is 466. The first kappa shape index (κ1) is 11.5. The van der Waals surface area contributed by atoms with E-state index >= 15 is 0 Å². The lowest BCUT2D eigenvalue weighted by molar-refractivity contribution is -0.141. The normalized spacial score (nSPS) is 25.2. The van der Waals surface area contributed by atoms with Crippen LogP contribution in [0.15, 0.2) is 24.3 Å². The fraction of sp³-hybridized carbons (Fsp3) is 0.500. The lowest BCUT2D eigenvalue weighted by atomic mass is 9.78. The molecule has 4 nitrogen and oxygen atoms in total. The number of carboxylic acid groups (broad SMARTS) is 1. The predicted molar refractivity (Wildman–Crippen MR) is 66.9 cm³/mol. The standard InChI is InChI=1S/C14H17NO3/c16-13(17)11-9-14(5-7-15-8-6-14)18-12-4-2-1-3-10(11)12/h1-4,11,15H,5-9H2,(H,16,17)/t11-/m0/s1. The van der Waals surface area contributed by atoms with Gasteiger partial charge in [-0.3, -0.25) is 4.79 Å². The van der Waals surface area contributed by atoms with E-state index in [4.69, 9.17) is 4.74 Å². The van der Waals surface area contributed by atoms with Gasteiger partial charge in [0.15, 0.2) is 0 Å². The van der Waals surface area contributed by atoms with Crippen molar-refractivity contribution in [2.45, 2.75) is 30.8 Å². The Hall–Kier alpha value is -1.55. The van der Waals surface area contributed by atoms with Gasteiger partial charge in [0.05, 0.1) is 5.92 Å². The van der Waals surface area contributed by atoms with Crippen molar-refractivity contribution in [3.8, 4) is 5.75 Å². The highest BCUT2D eigenvalue weighted by molar-refractivity contribution is 5.78. The zero-order valence-corrected chi connectivity index (χ0v) is 10.2. The van der Waals surface area contributed by atoms with Crippen molar-refractivity contribution in [3.63, 3.8) is 0 Å². The number of hydrogen-bond donors (Lipinski definition) is 2. The van der Waals surface area contributed by atoms with E-state index in [0.717, 1.165) is 37.2 Å². The van der Waals surface area contributed by atoms with Crippen LogP contribution in [0.3, 0.4) is 0 Å². The number of carbonyl (C=O) groups is 1. The smallest absolute Gasteiger partial charge is 0.311 e. The number of para-hydroxylation sites is 1. The Morgan fingerprint density at radius 1 is 1.33 bits per heavy atom. The molecule has 0 amide bonds. The van der Waals surface area contributed by atoms with Crippen LogP contribution in [-0.2, 0) is 4.79 Å². The van der Waals surface area contributed by atoms with E-state index in [-0.39, 0.29) is 5.60 Å². The molecule has 2 heterocycles. The van der Waals surface area contributed by atoms with E-state index in [1.54, 1.807) is 0 Å². The van der Waals surface area contributed by atoms with Crippen LogP contribution >= 0.6 is 0 Å². The third-order valence-electron chi connectivity index (χ3n) is 4.01. The molecule has 0 saturated carbocycles. The Morgan fingerprint density at radius 3 is 2.78 bits per heavy atom. The number of benzene rings is 1. The highest BCUT2D eigenvalue weighted by Crippen LogP contribution is 2.44. The van der Waals surface area contributed by atoms with Crippen LogP contribution in [-0.4, -0.2) is 29.8 Å². The average molecular weight is 247 g/mol. The highest BCUT2D eigenvalue weighted by atomic mass is 16.5. The van der Waals surface area contributed by atoms with Crippen molar-refractivity contribution in [2.75, 3.05) is 13.1 Å². The van der Waals surface area contributed by atoms with Crippen LogP contribution in [0.1, 0.15) is 30.7 Å².